The van der Waals surface area contributed by atoms with Gasteiger partial charge in [0.05, 0.1) is 0 Å². The van der Waals surface area contributed by atoms with E-state index in [1.165, 1.54) is 0 Å². The zero-order valence-electron chi connectivity index (χ0n) is 11.3. The summed E-state index contributed by atoms with van der Waals surface area (Å²) in [5.41, 5.74) is 1.65. The first-order valence-electron chi connectivity index (χ1n) is 5.85. The molecular formula is C14H23N3. The van der Waals surface area contributed by atoms with Gasteiger partial charge in [0, 0.05) is 24.5 Å². The van der Waals surface area contributed by atoms with Gasteiger partial charge in [-0.25, -0.2) is 9.98 Å². The molecule has 0 saturated carbocycles. The van der Waals surface area contributed by atoms with Crippen LogP contribution in [0.5, 0.6) is 0 Å². The van der Waals surface area contributed by atoms with Gasteiger partial charge in [0.25, 0.3) is 0 Å². The van der Waals surface area contributed by atoms with E-state index in [1.54, 1.807) is 0 Å². The molecule has 0 amide bonds. The molecule has 94 valence electrons. The molecule has 0 saturated heterocycles. The van der Waals surface area contributed by atoms with Crippen molar-refractivity contribution in [2.75, 3.05) is 7.05 Å². The molecule has 0 spiro atoms. The van der Waals surface area contributed by atoms with E-state index in [1.807, 2.05) is 32.3 Å². The number of hydrogen-bond acceptors (Lipinski definition) is 3. The number of allylic oxidation sites excluding steroid dienone is 2. The summed E-state index contributed by atoms with van der Waals surface area (Å²) in [6, 6.07) is 0. The Bertz CT molecular complexity index is 348. The Hall–Kier alpha value is -1.64. The van der Waals surface area contributed by atoms with Crippen LogP contribution < -0.4 is 5.32 Å². The number of nitrogens with zero attached hydrogens (tertiary/aromatic N) is 2. The number of likely N-dealkylation sites (N-methyl/N-ethyl adjacent to an activating group) is 1. The summed E-state index contributed by atoms with van der Waals surface area (Å²) in [6.45, 7) is 13.7. The average molecular weight is 233 g/mol. The van der Waals surface area contributed by atoms with Crippen molar-refractivity contribution in [2.24, 2.45) is 15.9 Å². The van der Waals surface area contributed by atoms with Crippen LogP contribution in [0.3, 0.4) is 0 Å². The van der Waals surface area contributed by atoms with Crippen LogP contribution in [0, 0.1) is 5.92 Å². The van der Waals surface area contributed by atoms with Crippen molar-refractivity contribution in [3.63, 3.8) is 0 Å². The van der Waals surface area contributed by atoms with E-state index in [0.29, 0.717) is 11.7 Å². The summed E-state index contributed by atoms with van der Waals surface area (Å²) >= 11 is 0. The van der Waals surface area contributed by atoms with Gasteiger partial charge in [-0.05, 0) is 26.0 Å². The van der Waals surface area contributed by atoms with Crippen molar-refractivity contribution < 1.29 is 0 Å². The molecular weight excluding hydrogens is 210 g/mol. The second-order valence-corrected chi connectivity index (χ2v) is 3.79. The molecule has 0 radical (unpaired) electrons. The van der Waals surface area contributed by atoms with E-state index < -0.39 is 0 Å². The largest absolute Gasteiger partial charge is 0.388 e. The molecule has 0 rings (SSSR count). The highest BCUT2D eigenvalue weighted by Crippen LogP contribution is 2.15. The van der Waals surface area contributed by atoms with Crippen LogP contribution in [0.15, 0.2) is 45.8 Å². The van der Waals surface area contributed by atoms with Crippen LogP contribution in [0.1, 0.15) is 27.2 Å². The number of aliphatic imine (C=N–C) groups is 2. The van der Waals surface area contributed by atoms with E-state index >= 15 is 0 Å². The third-order valence-electron chi connectivity index (χ3n) is 2.45. The Morgan fingerprint density at radius 1 is 1.47 bits per heavy atom. The van der Waals surface area contributed by atoms with Crippen LogP contribution in [0.4, 0.5) is 0 Å². The SMILES string of the molecule is C=NC(/N=C\C(C)CC)=C(\C=C/C)C(=C)NC. The van der Waals surface area contributed by atoms with E-state index in [2.05, 4.69) is 42.4 Å². The number of hydrogen-bond donors (Lipinski definition) is 1. The standard InChI is InChI=1S/C14H23N3/c1-7-9-13(12(4)15-5)14(16-6)17-10-11(3)8-2/h7,9-11,15H,4,6,8H2,1-3,5H3/b9-7-,14-13-,17-10-. The van der Waals surface area contributed by atoms with Crippen molar-refractivity contribution in [2.45, 2.75) is 27.2 Å². The molecule has 0 aromatic heterocycles. The van der Waals surface area contributed by atoms with E-state index in [4.69, 9.17) is 0 Å². The van der Waals surface area contributed by atoms with Crippen molar-refractivity contribution in [3.8, 4) is 0 Å². The Morgan fingerprint density at radius 3 is 2.53 bits per heavy atom. The second kappa shape index (κ2) is 8.50. The van der Waals surface area contributed by atoms with Gasteiger partial charge in [-0.1, -0.05) is 32.6 Å². The van der Waals surface area contributed by atoms with Crippen molar-refractivity contribution in [3.05, 3.63) is 35.8 Å². The summed E-state index contributed by atoms with van der Waals surface area (Å²) in [4.78, 5) is 8.34. The molecule has 0 aliphatic carbocycles. The summed E-state index contributed by atoms with van der Waals surface area (Å²) in [5.74, 6) is 1.03. The summed E-state index contributed by atoms with van der Waals surface area (Å²) in [7, 11) is 1.82. The van der Waals surface area contributed by atoms with Crippen molar-refractivity contribution in [1.29, 1.82) is 0 Å². The summed E-state index contributed by atoms with van der Waals surface area (Å²) in [6.07, 6.45) is 6.81. The molecule has 0 bridgehead atoms. The highest BCUT2D eigenvalue weighted by atomic mass is 15.0. The maximum Gasteiger partial charge on any atom is 0.160 e. The molecule has 1 atom stereocenters. The Kier molecular flexibility index (Phi) is 7.68. The van der Waals surface area contributed by atoms with E-state index in [9.17, 15) is 0 Å². The Labute approximate surface area is 105 Å². The third-order valence-corrected chi connectivity index (χ3v) is 2.45. The van der Waals surface area contributed by atoms with E-state index in [0.717, 1.165) is 17.7 Å². The van der Waals surface area contributed by atoms with Crippen LogP contribution in [0.2, 0.25) is 0 Å². The predicted molar refractivity (Wildman–Crippen MR) is 77.5 cm³/mol. The Balaban J connectivity index is 5.29. The topological polar surface area (TPSA) is 36.8 Å². The number of rotatable bonds is 7. The minimum absolute atomic E-state index is 0.432. The lowest BCUT2D eigenvalue weighted by atomic mass is 10.1. The Morgan fingerprint density at radius 2 is 2.12 bits per heavy atom. The molecule has 1 unspecified atom stereocenters. The first-order valence-corrected chi connectivity index (χ1v) is 5.85. The first-order chi connectivity index (χ1) is 8.10. The van der Waals surface area contributed by atoms with Gasteiger partial charge < -0.3 is 5.32 Å². The zero-order valence-corrected chi connectivity index (χ0v) is 11.3. The van der Waals surface area contributed by atoms with Crippen molar-refractivity contribution in [1.82, 2.24) is 5.32 Å². The minimum atomic E-state index is 0.432. The van der Waals surface area contributed by atoms with Crippen LogP contribution >= 0.6 is 0 Å². The van der Waals surface area contributed by atoms with Gasteiger partial charge in [-0.2, -0.15) is 0 Å². The predicted octanol–water partition coefficient (Wildman–Crippen LogP) is 3.32. The quantitative estimate of drug-likeness (QED) is 0.531. The molecule has 3 nitrogen and oxygen atoms in total. The molecule has 0 aliphatic heterocycles. The minimum Gasteiger partial charge on any atom is -0.388 e. The van der Waals surface area contributed by atoms with Gasteiger partial charge >= 0.3 is 0 Å². The molecule has 1 N–H and O–H groups in total. The van der Waals surface area contributed by atoms with Crippen LogP contribution in [0.25, 0.3) is 0 Å². The first kappa shape index (κ1) is 15.4. The normalized spacial score (nSPS) is 14.8. The van der Waals surface area contributed by atoms with Gasteiger partial charge in [0.1, 0.15) is 0 Å². The molecule has 17 heavy (non-hydrogen) atoms. The smallest absolute Gasteiger partial charge is 0.160 e. The number of nitrogens with one attached hydrogen (secondary N) is 1. The van der Waals surface area contributed by atoms with Gasteiger partial charge in [-0.3, -0.25) is 0 Å². The maximum absolute atomic E-state index is 4.37. The van der Waals surface area contributed by atoms with Gasteiger partial charge in [-0.15, -0.1) is 0 Å². The zero-order chi connectivity index (χ0) is 13.3. The fourth-order valence-electron chi connectivity index (χ4n) is 1.11. The average Bonchev–Trinajstić information content (AvgIpc) is 2.36. The molecule has 0 fully saturated rings. The maximum atomic E-state index is 4.37. The van der Waals surface area contributed by atoms with Crippen LogP contribution in [-0.2, 0) is 0 Å². The highest BCUT2D eigenvalue weighted by Gasteiger charge is 2.04. The van der Waals surface area contributed by atoms with Gasteiger partial charge in [0.2, 0.25) is 0 Å². The fraction of sp³-hybridized carbons (Fsp3) is 0.429. The lowest BCUT2D eigenvalue weighted by molar-refractivity contribution is 0.753. The molecule has 0 heterocycles. The van der Waals surface area contributed by atoms with Crippen molar-refractivity contribution >= 4 is 12.9 Å². The van der Waals surface area contributed by atoms with E-state index in [-0.39, 0.29) is 0 Å². The lowest BCUT2D eigenvalue weighted by Gasteiger charge is -2.08. The second-order valence-electron chi connectivity index (χ2n) is 3.79. The molecule has 0 aromatic carbocycles. The van der Waals surface area contributed by atoms with Crippen LogP contribution in [-0.4, -0.2) is 20.0 Å². The molecule has 0 aromatic rings. The monoisotopic (exact) mass is 233 g/mol. The highest BCUT2D eigenvalue weighted by molar-refractivity contribution is 5.63. The summed E-state index contributed by atoms with van der Waals surface area (Å²) < 4.78 is 0. The summed E-state index contributed by atoms with van der Waals surface area (Å²) in [5, 5.41) is 3.00. The fourth-order valence-corrected chi connectivity index (χ4v) is 1.11. The molecule has 3 heteroatoms. The third kappa shape index (κ3) is 5.29. The van der Waals surface area contributed by atoms with Gasteiger partial charge in [0.15, 0.2) is 5.82 Å². The lowest BCUT2D eigenvalue weighted by Crippen LogP contribution is -2.07. The molecule has 0 aliphatic rings.